The maximum Gasteiger partial charge on any atom is 0.207 e. The molecule has 0 unspecified atom stereocenters. The van der Waals surface area contributed by atoms with Gasteiger partial charge >= 0.3 is 0 Å². The van der Waals surface area contributed by atoms with Crippen molar-refractivity contribution in [3.63, 3.8) is 0 Å². The van der Waals surface area contributed by atoms with Gasteiger partial charge in [-0.05, 0) is 59.7 Å². The van der Waals surface area contributed by atoms with Gasteiger partial charge in [0.1, 0.15) is 0 Å². The summed E-state index contributed by atoms with van der Waals surface area (Å²) in [5, 5.41) is 0. The van der Waals surface area contributed by atoms with Crippen LogP contribution < -0.4 is 4.90 Å². The van der Waals surface area contributed by atoms with Crippen molar-refractivity contribution in [3.8, 4) is 0 Å². The summed E-state index contributed by atoms with van der Waals surface area (Å²) in [6.45, 7) is 0. The minimum Gasteiger partial charge on any atom is -0.311 e. The van der Waals surface area contributed by atoms with E-state index >= 15 is 0 Å². The van der Waals surface area contributed by atoms with Crippen LogP contribution in [0, 0.1) is 0 Å². The molecule has 0 atom stereocenters. The first kappa shape index (κ1) is 18.4. The molecule has 4 aromatic carbocycles. The summed E-state index contributed by atoms with van der Waals surface area (Å²) < 4.78 is 25.9. The second-order valence-corrected chi connectivity index (χ2v) is 8.99. The highest BCUT2D eigenvalue weighted by Gasteiger charge is 2.30. The molecule has 0 saturated carbocycles. The first-order chi connectivity index (χ1) is 14.6. The minimum atomic E-state index is -3.49. The van der Waals surface area contributed by atoms with Gasteiger partial charge in [-0.15, -0.1) is 0 Å². The molecule has 1 heterocycles. The molecule has 0 fully saturated rings. The van der Waals surface area contributed by atoms with E-state index in [0.717, 1.165) is 22.6 Å². The van der Waals surface area contributed by atoms with Crippen LogP contribution in [-0.2, 0) is 9.84 Å². The van der Waals surface area contributed by atoms with Crippen LogP contribution in [0.1, 0.15) is 11.1 Å². The lowest BCUT2D eigenvalue weighted by atomic mass is 10.1. The van der Waals surface area contributed by atoms with Gasteiger partial charge in [0.25, 0.3) is 0 Å². The molecule has 0 amide bonds. The maximum atomic E-state index is 13.0. The molecule has 4 aromatic rings. The van der Waals surface area contributed by atoms with E-state index in [1.165, 1.54) is 0 Å². The quantitative estimate of drug-likeness (QED) is 0.389. The Kier molecular flexibility index (Phi) is 4.49. The fourth-order valence-corrected chi connectivity index (χ4v) is 5.46. The lowest BCUT2D eigenvalue weighted by Gasteiger charge is -2.25. The summed E-state index contributed by atoms with van der Waals surface area (Å²) in [5.74, 6) is 0. The zero-order chi connectivity index (χ0) is 20.6. The molecule has 5 rings (SSSR count). The second kappa shape index (κ2) is 7.32. The van der Waals surface area contributed by atoms with Crippen molar-refractivity contribution in [2.24, 2.45) is 0 Å². The van der Waals surface area contributed by atoms with Crippen molar-refractivity contribution >= 4 is 37.9 Å². The summed E-state index contributed by atoms with van der Waals surface area (Å²) >= 11 is 0. The van der Waals surface area contributed by atoms with Crippen LogP contribution in [0.4, 0.5) is 17.1 Å². The molecule has 0 bridgehead atoms. The third-order valence-corrected chi connectivity index (χ3v) is 7.11. The van der Waals surface area contributed by atoms with Gasteiger partial charge in [0.05, 0.1) is 9.80 Å². The van der Waals surface area contributed by atoms with E-state index in [0.29, 0.717) is 15.4 Å². The third-order valence-electron chi connectivity index (χ3n) is 5.22. The van der Waals surface area contributed by atoms with Crippen molar-refractivity contribution in [2.45, 2.75) is 4.90 Å². The number of nitrogens with zero attached hydrogens (tertiary/aromatic N) is 1. The summed E-state index contributed by atoms with van der Waals surface area (Å²) in [6.07, 6.45) is 1.76. The van der Waals surface area contributed by atoms with E-state index in [1.807, 2.05) is 72.8 Å². The van der Waals surface area contributed by atoms with E-state index in [9.17, 15) is 8.42 Å². The van der Waals surface area contributed by atoms with Crippen molar-refractivity contribution in [3.05, 3.63) is 120 Å². The summed E-state index contributed by atoms with van der Waals surface area (Å²) in [4.78, 5) is 2.87. The molecular weight excluding hydrogens is 390 g/mol. The first-order valence-electron chi connectivity index (χ1n) is 9.71. The zero-order valence-corrected chi connectivity index (χ0v) is 17.0. The number of sulfone groups is 1. The SMILES string of the molecule is O=S1(=O)C(c2ccc(N(c3ccccc3)c3ccccc3)cc2)=Cc2ccccc21. The normalized spacial score (nSPS) is 14.1. The van der Waals surface area contributed by atoms with Gasteiger partial charge < -0.3 is 4.90 Å². The van der Waals surface area contributed by atoms with Crippen molar-refractivity contribution < 1.29 is 8.42 Å². The van der Waals surface area contributed by atoms with Gasteiger partial charge in [-0.3, -0.25) is 0 Å². The standard InChI is InChI=1S/C26H19NO2S/c28-30(29)25-14-8-7-9-21(25)19-26(30)20-15-17-24(18-16-20)27(22-10-3-1-4-11-22)23-12-5-2-6-13-23/h1-19H. The largest absolute Gasteiger partial charge is 0.311 e. The Morgan fingerprint density at radius 2 is 1.03 bits per heavy atom. The van der Waals surface area contributed by atoms with Gasteiger partial charge in [0.2, 0.25) is 9.84 Å². The molecular formula is C26H19NO2S. The molecule has 0 radical (unpaired) electrons. The van der Waals surface area contributed by atoms with Crippen LogP contribution in [0.15, 0.2) is 114 Å². The van der Waals surface area contributed by atoms with E-state index in [2.05, 4.69) is 29.2 Å². The Morgan fingerprint density at radius 3 is 1.60 bits per heavy atom. The van der Waals surface area contributed by atoms with Crippen LogP contribution in [0.2, 0.25) is 0 Å². The first-order valence-corrected chi connectivity index (χ1v) is 11.2. The topological polar surface area (TPSA) is 37.4 Å². The molecule has 0 saturated heterocycles. The lowest BCUT2D eigenvalue weighted by Crippen LogP contribution is -2.09. The summed E-state index contributed by atoms with van der Waals surface area (Å²) in [7, 11) is -3.49. The fraction of sp³-hybridized carbons (Fsp3) is 0. The van der Waals surface area contributed by atoms with Crippen LogP contribution >= 0.6 is 0 Å². The molecule has 0 spiro atoms. The van der Waals surface area contributed by atoms with E-state index in [-0.39, 0.29) is 0 Å². The van der Waals surface area contributed by atoms with Crippen LogP contribution in [0.5, 0.6) is 0 Å². The van der Waals surface area contributed by atoms with Crippen molar-refractivity contribution in [2.75, 3.05) is 4.90 Å². The molecule has 30 heavy (non-hydrogen) atoms. The minimum absolute atomic E-state index is 0.348. The van der Waals surface area contributed by atoms with E-state index < -0.39 is 9.84 Å². The highest BCUT2D eigenvalue weighted by atomic mass is 32.2. The van der Waals surface area contributed by atoms with Crippen molar-refractivity contribution in [1.29, 1.82) is 0 Å². The Hall–Kier alpha value is -3.63. The number of hydrogen-bond donors (Lipinski definition) is 0. The average Bonchev–Trinajstić information content (AvgIpc) is 3.07. The average molecular weight is 410 g/mol. The second-order valence-electron chi connectivity index (χ2n) is 7.10. The molecule has 1 aliphatic rings. The molecule has 3 nitrogen and oxygen atoms in total. The maximum absolute atomic E-state index is 13.0. The summed E-state index contributed by atoms with van der Waals surface area (Å²) in [5.41, 5.74) is 4.47. The van der Waals surface area contributed by atoms with Gasteiger partial charge in [0, 0.05) is 17.1 Å². The Bertz CT molecular complexity index is 1290. The zero-order valence-electron chi connectivity index (χ0n) is 16.1. The molecule has 0 aliphatic carbocycles. The molecule has 4 heteroatoms. The van der Waals surface area contributed by atoms with E-state index in [1.54, 1.807) is 18.2 Å². The molecule has 0 N–H and O–H groups in total. The smallest absolute Gasteiger partial charge is 0.207 e. The Morgan fingerprint density at radius 1 is 0.533 bits per heavy atom. The van der Waals surface area contributed by atoms with Gasteiger partial charge in [-0.25, -0.2) is 8.42 Å². The molecule has 1 aliphatic heterocycles. The van der Waals surface area contributed by atoms with Crippen LogP contribution in [0.3, 0.4) is 0 Å². The Balaban J connectivity index is 1.56. The van der Waals surface area contributed by atoms with Gasteiger partial charge in [-0.2, -0.15) is 0 Å². The predicted octanol–water partition coefficient (Wildman–Crippen LogP) is 6.44. The number of anilines is 3. The van der Waals surface area contributed by atoms with Crippen LogP contribution in [0.25, 0.3) is 11.0 Å². The predicted molar refractivity (Wildman–Crippen MR) is 123 cm³/mol. The Labute approximate surface area is 176 Å². The van der Waals surface area contributed by atoms with Crippen LogP contribution in [-0.4, -0.2) is 8.42 Å². The van der Waals surface area contributed by atoms with E-state index in [4.69, 9.17) is 0 Å². The number of para-hydroxylation sites is 2. The van der Waals surface area contributed by atoms with Gasteiger partial charge in [-0.1, -0.05) is 66.7 Å². The number of rotatable bonds is 4. The molecule has 0 aromatic heterocycles. The highest BCUT2D eigenvalue weighted by Crippen LogP contribution is 2.40. The highest BCUT2D eigenvalue weighted by molar-refractivity contribution is 8.01. The number of benzene rings is 4. The molecule has 146 valence electrons. The van der Waals surface area contributed by atoms with Crippen molar-refractivity contribution in [1.82, 2.24) is 0 Å². The monoisotopic (exact) mass is 409 g/mol. The lowest BCUT2D eigenvalue weighted by molar-refractivity contribution is 0.606. The number of hydrogen-bond acceptors (Lipinski definition) is 3. The number of fused-ring (bicyclic) bond motifs is 1. The summed E-state index contributed by atoms with van der Waals surface area (Å²) in [6, 6.07) is 35.0. The third kappa shape index (κ3) is 3.11. The van der Waals surface area contributed by atoms with Gasteiger partial charge in [0.15, 0.2) is 0 Å². The fourth-order valence-electron chi connectivity index (χ4n) is 3.80.